The van der Waals surface area contributed by atoms with Crippen LogP contribution in [0.5, 0.6) is 0 Å². The number of nitrogens with zero attached hydrogens (tertiary/aromatic N) is 1. The number of fused-ring (bicyclic) bond motifs is 1. The van der Waals surface area contributed by atoms with Crippen molar-refractivity contribution in [1.29, 1.82) is 0 Å². The summed E-state index contributed by atoms with van der Waals surface area (Å²) in [6, 6.07) is 6.91. The van der Waals surface area contributed by atoms with Crippen molar-refractivity contribution < 1.29 is 0 Å². The average molecular weight is 230 g/mol. The van der Waals surface area contributed by atoms with Crippen molar-refractivity contribution in [3.63, 3.8) is 0 Å². The van der Waals surface area contributed by atoms with E-state index in [1.165, 1.54) is 36.2 Å². The molecule has 2 aliphatic rings. The Morgan fingerprint density at radius 1 is 1.41 bits per heavy atom. The lowest BCUT2D eigenvalue weighted by atomic mass is 10.1. The minimum absolute atomic E-state index is 0.951. The van der Waals surface area contributed by atoms with Gasteiger partial charge in [0.05, 0.1) is 0 Å². The van der Waals surface area contributed by atoms with Crippen LogP contribution >= 0.6 is 0 Å². The van der Waals surface area contributed by atoms with Crippen molar-refractivity contribution in [3.05, 3.63) is 29.3 Å². The van der Waals surface area contributed by atoms with Gasteiger partial charge in [-0.2, -0.15) is 0 Å². The summed E-state index contributed by atoms with van der Waals surface area (Å²) in [7, 11) is 2.24. The van der Waals surface area contributed by atoms with Gasteiger partial charge >= 0.3 is 0 Å². The molecule has 1 aromatic carbocycles. The zero-order valence-electron chi connectivity index (χ0n) is 10.9. The molecule has 2 heteroatoms. The van der Waals surface area contributed by atoms with E-state index in [1.807, 2.05) is 0 Å². The maximum Gasteiger partial charge on any atom is 0.0376 e. The summed E-state index contributed by atoms with van der Waals surface area (Å²) >= 11 is 0. The number of rotatable bonds is 4. The monoisotopic (exact) mass is 230 g/mol. The van der Waals surface area contributed by atoms with E-state index in [0.717, 1.165) is 24.9 Å². The average Bonchev–Trinajstić information content (AvgIpc) is 2.79. The van der Waals surface area contributed by atoms with Gasteiger partial charge in [0.1, 0.15) is 0 Å². The first-order chi connectivity index (χ1) is 8.22. The first-order valence-corrected chi connectivity index (χ1v) is 6.76. The van der Waals surface area contributed by atoms with Gasteiger partial charge in [-0.3, -0.25) is 0 Å². The number of anilines is 1. The van der Waals surface area contributed by atoms with Gasteiger partial charge in [-0.25, -0.2) is 0 Å². The molecule has 2 unspecified atom stereocenters. The molecule has 1 aromatic rings. The van der Waals surface area contributed by atoms with Gasteiger partial charge in [0.25, 0.3) is 0 Å². The Kier molecular flexibility index (Phi) is 2.83. The quantitative estimate of drug-likeness (QED) is 0.855. The van der Waals surface area contributed by atoms with Gasteiger partial charge in [0.15, 0.2) is 0 Å². The van der Waals surface area contributed by atoms with Crippen LogP contribution in [0.3, 0.4) is 0 Å². The molecule has 0 amide bonds. The number of nitrogens with one attached hydrogen (secondary N) is 1. The van der Waals surface area contributed by atoms with Crippen LogP contribution in [0.25, 0.3) is 0 Å². The normalized spacial score (nSPS) is 25.8. The predicted octanol–water partition coefficient (Wildman–Crippen LogP) is 2.74. The van der Waals surface area contributed by atoms with Crippen molar-refractivity contribution in [2.24, 2.45) is 11.8 Å². The molecule has 1 fully saturated rings. The summed E-state index contributed by atoms with van der Waals surface area (Å²) in [6.07, 6.45) is 2.61. The molecule has 0 radical (unpaired) electrons. The minimum atomic E-state index is 0.951. The van der Waals surface area contributed by atoms with Crippen LogP contribution in [0.15, 0.2) is 18.2 Å². The fourth-order valence-corrected chi connectivity index (χ4v) is 2.87. The molecule has 92 valence electrons. The van der Waals surface area contributed by atoms with Crippen molar-refractivity contribution in [2.45, 2.75) is 26.3 Å². The highest BCUT2D eigenvalue weighted by Gasteiger charge is 2.32. The largest absolute Gasteiger partial charge is 0.384 e. The highest BCUT2D eigenvalue weighted by Crippen LogP contribution is 2.38. The Morgan fingerprint density at radius 2 is 2.24 bits per heavy atom. The van der Waals surface area contributed by atoms with E-state index in [9.17, 15) is 0 Å². The van der Waals surface area contributed by atoms with Crippen molar-refractivity contribution in [2.75, 3.05) is 25.5 Å². The number of hydrogen-bond acceptors (Lipinski definition) is 2. The standard InChI is InChI=1S/C15H22N2/c1-11-7-14(11)10-17(2)9-12-3-4-13-5-6-16-15(13)8-12/h3-4,8,11,14,16H,5-7,9-10H2,1-2H3. The Bertz CT molecular complexity index is 413. The molecule has 0 spiro atoms. The van der Waals surface area contributed by atoms with Gasteiger partial charge in [-0.1, -0.05) is 19.1 Å². The fraction of sp³-hybridized carbons (Fsp3) is 0.600. The zero-order valence-corrected chi connectivity index (χ0v) is 10.9. The first kappa shape index (κ1) is 11.1. The Balaban J connectivity index is 1.60. The van der Waals surface area contributed by atoms with E-state index in [4.69, 9.17) is 0 Å². The molecule has 0 bridgehead atoms. The van der Waals surface area contributed by atoms with E-state index in [1.54, 1.807) is 0 Å². The Hall–Kier alpha value is -1.02. The molecular weight excluding hydrogens is 208 g/mol. The van der Waals surface area contributed by atoms with E-state index >= 15 is 0 Å². The summed E-state index contributed by atoms with van der Waals surface area (Å²) in [6.45, 7) is 5.80. The van der Waals surface area contributed by atoms with Crippen LogP contribution in [-0.4, -0.2) is 25.0 Å². The van der Waals surface area contributed by atoms with Gasteiger partial charge in [0.2, 0.25) is 0 Å². The summed E-state index contributed by atoms with van der Waals surface area (Å²) in [5.74, 6) is 1.91. The molecule has 17 heavy (non-hydrogen) atoms. The lowest BCUT2D eigenvalue weighted by molar-refractivity contribution is 0.307. The van der Waals surface area contributed by atoms with Crippen LogP contribution in [0.4, 0.5) is 5.69 Å². The molecular formula is C15H22N2. The highest BCUT2D eigenvalue weighted by atomic mass is 15.1. The lowest BCUT2D eigenvalue weighted by Gasteiger charge is -2.17. The molecule has 1 N–H and O–H groups in total. The van der Waals surface area contributed by atoms with Crippen LogP contribution < -0.4 is 5.32 Å². The van der Waals surface area contributed by atoms with Gasteiger partial charge in [-0.15, -0.1) is 0 Å². The molecule has 2 atom stereocenters. The van der Waals surface area contributed by atoms with Crippen LogP contribution in [0.1, 0.15) is 24.5 Å². The van der Waals surface area contributed by atoms with E-state index in [0.29, 0.717) is 0 Å². The third-order valence-electron chi connectivity index (χ3n) is 4.16. The maximum atomic E-state index is 3.46. The van der Waals surface area contributed by atoms with Crippen LogP contribution in [0, 0.1) is 11.8 Å². The molecule has 1 aliphatic carbocycles. The molecule has 0 aromatic heterocycles. The van der Waals surface area contributed by atoms with Crippen molar-refractivity contribution in [3.8, 4) is 0 Å². The summed E-state index contributed by atoms with van der Waals surface area (Å²) in [4.78, 5) is 2.46. The van der Waals surface area contributed by atoms with Gasteiger partial charge in [-0.05, 0) is 48.9 Å². The van der Waals surface area contributed by atoms with Gasteiger partial charge in [0, 0.05) is 25.3 Å². The highest BCUT2D eigenvalue weighted by molar-refractivity contribution is 5.56. The van der Waals surface area contributed by atoms with Crippen LogP contribution in [-0.2, 0) is 13.0 Å². The fourth-order valence-electron chi connectivity index (χ4n) is 2.87. The minimum Gasteiger partial charge on any atom is -0.384 e. The predicted molar refractivity (Wildman–Crippen MR) is 72.2 cm³/mol. The Labute approximate surface area is 104 Å². The molecule has 0 saturated heterocycles. The van der Waals surface area contributed by atoms with E-state index in [2.05, 4.69) is 42.4 Å². The van der Waals surface area contributed by atoms with Crippen molar-refractivity contribution >= 4 is 5.69 Å². The van der Waals surface area contributed by atoms with E-state index < -0.39 is 0 Å². The zero-order chi connectivity index (χ0) is 11.8. The van der Waals surface area contributed by atoms with Crippen molar-refractivity contribution in [1.82, 2.24) is 4.90 Å². The molecule has 1 heterocycles. The van der Waals surface area contributed by atoms with E-state index in [-0.39, 0.29) is 0 Å². The summed E-state index contributed by atoms with van der Waals surface area (Å²) in [5.41, 5.74) is 4.27. The molecule has 2 nitrogen and oxygen atoms in total. The smallest absolute Gasteiger partial charge is 0.0376 e. The topological polar surface area (TPSA) is 15.3 Å². The molecule has 1 saturated carbocycles. The third kappa shape index (κ3) is 2.47. The maximum absolute atomic E-state index is 3.46. The molecule has 1 aliphatic heterocycles. The third-order valence-corrected chi connectivity index (χ3v) is 4.16. The second-order valence-corrected chi connectivity index (χ2v) is 5.84. The number of benzene rings is 1. The second kappa shape index (κ2) is 4.34. The summed E-state index contributed by atoms with van der Waals surface area (Å²) < 4.78 is 0. The van der Waals surface area contributed by atoms with Crippen LogP contribution in [0.2, 0.25) is 0 Å². The second-order valence-electron chi connectivity index (χ2n) is 5.84. The summed E-state index contributed by atoms with van der Waals surface area (Å²) in [5, 5.41) is 3.46. The lowest BCUT2D eigenvalue weighted by Crippen LogP contribution is -2.20. The molecule has 3 rings (SSSR count). The van der Waals surface area contributed by atoms with Gasteiger partial charge < -0.3 is 10.2 Å². The first-order valence-electron chi connectivity index (χ1n) is 6.76. The SMILES string of the molecule is CC1CC1CN(C)Cc1ccc2c(c1)NCC2. The Morgan fingerprint density at radius 3 is 3.00 bits per heavy atom. The number of hydrogen-bond donors (Lipinski definition) is 1.